The second-order valence-corrected chi connectivity index (χ2v) is 16.8. The second-order valence-electron chi connectivity index (χ2n) is 11.7. The highest BCUT2D eigenvalue weighted by molar-refractivity contribution is 7.93. The molecule has 6 rings (SSSR count). The first-order valence-electron chi connectivity index (χ1n) is 14.9. The smallest absolute Gasteiger partial charge is 0.239 e. The van der Waals surface area contributed by atoms with E-state index in [4.69, 9.17) is 21.3 Å². The van der Waals surface area contributed by atoms with Gasteiger partial charge in [0.1, 0.15) is 26.9 Å². The molecule has 1 N–H and O–H groups in total. The largest absolute Gasteiger partial charge is 0.479 e. The molecule has 18 heteroatoms. The third-order valence-electron chi connectivity index (χ3n) is 8.40. The predicted octanol–water partition coefficient (Wildman–Crippen LogP) is 3.60. The van der Waals surface area contributed by atoms with Gasteiger partial charge in [0.25, 0.3) is 0 Å². The van der Waals surface area contributed by atoms with Gasteiger partial charge < -0.3 is 19.9 Å². The Morgan fingerprint density at radius 3 is 2.36 bits per heavy atom. The standard InChI is InChI=1S/C29H36ClN9O5S3/c1-36-13-15-37(16-14-36)19-9-11-38(12-10-19)24-8-5-21(28(34-24)44-2)33-29-31-17-20(30)27(35-29)39(47(4,42)43)22-6-7-23-25(32-18-45-23)26(22)46(3,40)41/h5-8,17-19H,9-16H2,1-4H3,(H,31,33,35). The first-order chi connectivity index (χ1) is 22.3. The van der Waals surface area contributed by atoms with Gasteiger partial charge in [0.2, 0.25) is 21.9 Å². The zero-order chi connectivity index (χ0) is 33.5. The van der Waals surface area contributed by atoms with E-state index in [1.54, 1.807) is 12.1 Å². The summed E-state index contributed by atoms with van der Waals surface area (Å²) in [4.78, 5) is 24.6. The first-order valence-corrected chi connectivity index (χ1v) is 19.9. The number of halogens is 1. The summed E-state index contributed by atoms with van der Waals surface area (Å²) in [5, 5.41) is 2.94. The Hall–Kier alpha value is -3.35. The van der Waals surface area contributed by atoms with E-state index in [0.717, 1.165) is 74.7 Å². The molecule has 2 fully saturated rings. The Morgan fingerprint density at radius 1 is 0.979 bits per heavy atom. The summed E-state index contributed by atoms with van der Waals surface area (Å²) in [5.74, 6) is 0.848. The van der Waals surface area contributed by atoms with Gasteiger partial charge in [0.15, 0.2) is 15.7 Å². The van der Waals surface area contributed by atoms with Crippen LogP contribution in [0.25, 0.3) is 10.2 Å². The topological polar surface area (TPSA) is 154 Å². The lowest BCUT2D eigenvalue weighted by Gasteiger charge is -2.42. The quantitative estimate of drug-likeness (QED) is 0.268. The number of piperidine rings is 1. The van der Waals surface area contributed by atoms with Crippen molar-refractivity contribution in [1.29, 1.82) is 0 Å². The molecule has 5 heterocycles. The van der Waals surface area contributed by atoms with Gasteiger partial charge in [-0.15, -0.1) is 11.3 Å². The fraction of sp³-hybridized carbons (Fsp3) is 0.448. The number of nitrogens with one attached hydrogen (secondary N) is 1. The minimum Gasteiger partial charge on any atom is -0.479 e. The van der Waals surface area contributed by atoms with Crippen LogP contribution in [0.15, 0.2) is 40.9 Å². The van der Waals surface area contributed by atoms with Crippen molar-refractivity contribution in [3.63, 3.8) is 0 Å². The number of hydrogen-bond acceptors (Lipinski definition) is 14. The second kappa shape index (κ2) is 13.3. The molecule has 0 radical (unpaired) electrons. The van der Waals surface area contributed by atoms with Crippen LogP contribution in [0.1, 0.15) is 12.8 Å². The molecule has 0 aliphatic carbocycles. The minimum atomic E-state index is -4.17. The van der Waals surface area contributed by atoms with Crippen LogP contribution in [-0.4, -0.2) is 119 Å². The van der Waals surface area contributed by atoms with Gasteiger partial charge in [-0.25, -0.2) is 31.1 Å². The molecule has 0 unspecified atom stereocenters. The summed E-state index contributed by atoms with van der Waals surface area (Å²) in [6.07, 6.45) is 5.29. The van der Waals surface area contributed by atoms with E-state index in [-0.39, 0.29) is 32.9 Å². The van der Waals surface area contributed by atoms with Crippen LogP contribution in [0, 0.1) is 0 Å². The number of sulfonamides is 1. The zero-order valence-electron chi connectivity index (χ0n) is 26.4. The van der Waals surface area contributed by atoms with Crippen LogP contribution in [0.4, 0.5) is 29.0 Å². The molecule has 252 valence electrons. The highest BCUT2D eigenvalue weighted by Crippen LogP contribution is 2.41. The molecular formula is C29H36ClN9O5S3. The Labute approximate surface area is 283 Å². The number of ether oxygens (including phenoxy) is 1. The molecule has 2 aliphatic heterocycles. The number of piperazine rings is 1. The summed E-state index contributed by atoms with van der Waals surface area (Å²) in [6, 6.07) is 7.28. The Morgan fingerprint density at radius 2 is 1.70 bits per heavy atom. The molecule has 0 spiro atoms. The summed E-state index contributed by atoms with van der Waals surface area (Å²) >= 11 is 7.71. The number of sulfone groups is 1. The molecule has 3 aromatic heterocycles. The molecular weight excluding hydrogens is 686 g/mol. The third kappa shape index (κ3) is 7.10. The number of nitrogens with zero attached hydrogens (tertiary/aromatic N) is 8. The number of aromatic nitrogens is 4. The van der Waals surface area contributed by atoms with Crippen molar-refractivity contribution in [1.82, 2.24) is 29.7 Å². The van der Waals surface area contributed by atoms with E-state index in [0.29, 0.717) is 22.3 Å². The maximum atomic E-state index is 13.3. The molecule has 0 amide bonds. The SMILES string of the molecule is COc1nc(N2CCC(N3CCN(C)CC3)CC2)ccc1Nc1ncc(Cl)c(N(c2ccc3scnc3c2S(C)(=O)=O)S(C)(=O)=O)n1. The number of rotatable bonds is 9. The Balaban J connectivity index is 1.27. The normalized spacial score (nSPS) is 17.3. The monoisotopic (exact) mass is 721 g/mol. The molecule has 1 aromatic carbocycles. The van der Waals surface area contributed by atoms with E-state index >= 15 is 0 Å². The highest BCUT2D eigenvalue weighted by atomic mass is 35.5. The van der Waals surface area contributed by atoms with Gasteiger partial charge in [-0.2, -0.15) is 9.97 Å². The van der Waals surface area contributed by atoms with Gasteiger partial charge >= 0.3 is 0 Å². The number of thiazole rings is 1. The zero-order valence-corrected chi connectivity index (χ0v) is 29.6. The molecule has 47 heavy (non-hydrogen) atoms. The van der Waals surface area contributed by atoms with Crippen LogP contribution in [-0.2, 0) is 19.9 Å². The molecule has 2 aliphatic rings. The average Bonchev–Trinajstić information content (AvgIpc) is 3.51. The van der Waals surface area contributed by atoms with Crippen molar-refractivity contribution < 1.29 is 21.6 Å². The van der Waals surface area contributed by atoms with Crippen molar-refractivity contribution in [2.45, 2.75) is 23.8 Å². The van der Waals surface area contributed by atoms with Crippen molar-refractivity contribution in [2.75, 3.05) is 80.5 Å². The van der Waals surface area contributed by atoms with E-state index in [9.17, 15) is 16.8 Å². The van der Waals surface area contributed by atoms with E-state index in [2.05, 4.69) is 42.0 Å². The third-order valence-corrected chi connectivity index (χ3v) is 11.6. The summed E-state index contributed by atoms with van der Waals surface area (Å²) < 4.78 is 59.4. The molecule has 0 atom stereocenters. The van der Waals surface area contributed by atoms with Crippen molar-refractivity contribution in [3.05, 3.63) is 41.0 Å². The van der Waals surface area contributed by atoms with E-state index < -0.39 is 19.9 Å². The number of fused-ring (bicyclic) bond motifs is 1. The van der Waals surface area contributed by atoms with Crippen molar-refractivity contribution in [3.8, 4) is 5.88 Å². The molecule has 14 nitrogen and oxygen atoms in total. The maximum Gasteiger partial charge on any atom is 0.239 e. The molecule has 0 saturated carbocycles. The van der Waals surface area contributed by atoms with Crippen LogP contribution in [0.2, 0.25) is 5.02 Å². The Kier molecular flexibility index (Phi) is 9.48. The lowest BCUT2D eigenvalue weighted by Crippen LogP contribution is -2.52. The molecule has 2 saturated heterocycles. The number of hydrogen-bond donors (Lipinski definition) is 1. The van der Waals surface area contributed by atoms with Gasteiger partial charge in [-0.05, 0) is 44.2 Å². The van der Waals surface area contributed by atoms with E-state index in [1.165, 1.54) is 36.2 Å². The van der Waals surface area contributed by atoms with Gasteiger partial charge in [0, 0.05) is 51.6 Å². The highest BCUT2D eigenvalue weighted by Gasteiger charge is 2.32. The van der Waals surface area contributed by atoms with Crippen molar-refractivity contribution in [2.24, 2.45) is 0 Å². The average molecular weight is 722 g/mol. The lowest BCUT2D eigenvalue weighted by atomic mass is 10.0. The van der Waals surface area contributed by atoms with E-state index in [1.807, 2.05) is 6.07 Å². The lowest BCUT2D eigenvalue weighted by molar-refractivity contribution is 0.0981. The first kappa shape index (κ1) is 33.5. The van der Waals surface area contributed by atoms with Crippen LogP contribution >= 0.6 is 22.9 Å². The number of anilines is 5. The number of likely N-dealkylation sites (N-methyl/N-ethyl adjacent to an activating group) is 1. The van der Waals surface area contributed by atoms with Gasteiger partial charge in [-0.1, -0.05) is 11.6 Å². The molecule has 0 bridgehead atoms. The molecule has 4 aromatic rings. The summed E-state index contributed by atoms with van der Waals surface area (Å²) in [6.45, 7) is 6.17. The maximum absolute atomic E-state index is 13.3. The summed E-state index contributed by atoms with van der Waals surface area (Å²) in [7, 11) is -4.43. The van der Waals surface area contributed by atoms with Crippen molar-refractivity contribution >= 4 is 82.0 Å². The van der Waals surface area contributed by atoms with Gasteiger partial charge in [0.05, 0.1) is 35.5 Å². The fourth-order valence-electron chi connectivity index (χ4n) is 6.06. The van der Waals surface area contributed by atoms with Crippen LogP contribution in [0.3, 0.4) is 0 Å². The minimum absolute atomic E-state index is 0.00506. The number of methoxy groups -OCH3 is 1. The predicted molar refractivity (Wildman–Crippen MR) is 185 cm³/mol. The van der Waals surface area contributed by atoms with Crippen LogP contribution in [0.5, 0.6) is 5.88 Å². The number of benzene rings is 1. The number of pyridine rings is 1. The van der Waals surface area contributed by atoms with Gasteiger partial charge in [-0.3, -0.25) is 4.90 Å². The Bertz CT molecular complexity index is 2000. The summed E-state index contributed by atoms with van der Waals surface area (Å²) in [5.41, 5.74) is 1.95. The van der Waals surface area contributed by atoms with Crippen LogP contribution < -0.4 is 19.3 Å². The fourth-order valence-corrected chi connectivity index (χ4v) is 9.11.